The predicted molar refractivity (Wildman–Crippen MR) is 73.7 cm³/mol. The van der Waals surface area contributed by atoms with E-state index in [0.717, 1.165) is 19.5 Å². The predicted octanol–water partition coefficient (Wildman–Crippen LogP) is 0.439. The minimum absolute atomic E-state index is 0. The maximum Gasteiger partial charge on any atom is 0.224 e. The van der Waals surface area contributed by atoms with Crippen LogP contribution in [0.2, 0.25) is 0 Å². The summed E-state index contributed by atoms with van der Waals surface area (Å²) in [6.45, 7) is 7.88. The van der Waals surface area contributed by atoms with Gasteiger partial charge in [-0.1, -0.05) is 0 Å². The van der Waals surface area contributed by atoms with Crippen LogP contribution in [0.4, 0.5) is 0 Å². The van der Waals surface area contributed by atoms with E-state index in [-0.39, 0.29) is 35.7 Å². The molecule has 1 aliphatic heterocycles. The molecule has 0 aromatic rings. The number of carbonyl (C=O) groups excluding carboxylic acids is 2. The molecule has 1 fully saturated rings. The van der Waals surface area contributed by atoms with Gasteiger partial charge in [-0.3, -0.25) is 9.59 Å². The van der Waals surface area contributed by atoms with E-state index in [1.54, 1.807) is 0 Å². The summed E-state index contributed by atoms with van der Waals surface area (Å²) in [7, 11) is 0. The number of nitrogens with one attached hydrogen (secondary N) is 3. The first-order valence-corrected chi connectivity index (χ1v) is 6.18. The summed E-state index contributed by atoms with van der Waals surface area (Å²) >= 11 is 0. The van der Waals surface area contributed by atoms with Gasteiger partial charge in [0.15, 0.2) is 0 Å². The van der Waals surface area contributed by atoms with E-state index in [9.17, 15) is 9.59 Å². The molecule has 1 aliphatic rings. The van der Waals surface area contributed by atoms with Crippen molar-refractivity contribution in [3.05, 3.63) is 0 Å². The lowest BCUT2D eigenvalue weighted by Gasteiger charge is -2.20. The lowest BCUT2D eigenvalue weighted by atomic mass is 10.1. The normalized spacial score (nSPS) is 18.9. The number of hydrogen-bond donors (Lipinski definition) is 3. The summed E-state index contributed by atoms with van der Waals surface area (Å²) in [6.07, 6.45) is 1.23. The van der Waals surface area contributed by atoms with Crippen LogP contribution in [0.15, 0.2) is 0 Å². The highest BCUT2D eigenvalue weighted by atomic mass is 35.5. The minimum Gasteiger partial charge on any atom is -0.355 e. The molecule has 1 atom stereocenters. The molecule has 0 aliphatic carbocycles. The van der Waals surface area contributed by atoms with Gasteiger partial charge in [-0.2, -0.15) is 0 Å². The molecule has 2 amide bonds. The Morgan fingerprint density at radius 2 is 2.00 bits per heavy atom. The van der Waals surface area contributed by atoms with Crippen molar-refractivity contribution >= 4 is 24.2 Å². The number of hydrogen-bond acceptors (Lipinski definition) is 3. The van der Waals surface area contributed by atoms with Crippen molar-refractivity contribution in [2.75, 3.05) is 19.6 Å². The Labute approximate surface area is 115 Å². The second-order valence-electron chi connectivity index (χ2n) is 5.53. The molecule has 0 aromatic carbocycles. The fourth-order valence-corrected chi connectivity index (χ4v) is 1.80. The number of halogens is 1. The van der Waals surface area contributed by atoms with Crippen molar-refractivity contribution in [3.63, 3.8) is 0 Å². The Kier molecular flexibility index (Phi) is 7.25. The molecular formula is C12H24ClN3O2. The highest BCUT2D eigenvalue weighted by Gasteiger charge is 2.22. The molecule has 106 valence electrons. The van der Waals surface area contributed by atoms with E-state index in [1.165, 1.54) is 0 Å². The number of carbonyl (C=O) groups is 2. The molecule has 5 nitrogen and oxygen atoms in total. The third-order valence-electron chi connectivity index (χ3n) is 2.60. The van der Waals surface area contributed by atoms with Gasteiger partial charge in [0.1, 0.15) is 0 Å². The number of rotatable bonds is 4. The van der Waals surface area contributed by atoms with Crippen LogP contribution >= 0.6 is 12.4 Å². The second-order valence-corrected chi connectivity index (χ2v) is 5.53. The highest BCUT2D eigenvalue weighted by Crippen LogP contribution is 2.06. The maximum absolute atomic E-state index is 11.6. The summed E-state index contributed by atoms with van der Waals surface area (Å²) in [4.78, 5) is 23.1. The Hall–Kier alpha value is -0.810. The Morgan fingerprint density at radius 3 is 2.50 bits per heavy atom. The molecule has 1 saturated heterocycles. The highest BCUT2D eigenvalue weighted by molar-refractivity contribution is 5.85. The van der Waals surface area contributed by atoms with Crippen molar-refractivity contribution in [1.82, 2.24) is 16.0 Å². The second kappa shape index (κ2) is 7.59. The molecular weight excluding hydrogens is 254 g/mol. The lowest BCUT2D eigenvalue weighted by molar-refractivity contribution is -0.125. The van der Waals surface area contributed by atoms with Crippen molar-refractivity contribution in [2.45, 2.75) is 39.2 Å². The monoisotopic (exact) mass is 277 g/mol. The van der Waals surface area contributed by atoms with Gasteiger partial charge in [-0.25, -0.2) is 0 Å². The van der Waals surface area contributed by atoms with Crippen molar-refractivity contribution in [3.8, 4) is 0 Å². The van der Waals surface area contributed by atoms with Crippen LogP contribution in [-0.4, -0.2) is 37.0 Å². The molecule has 0 radical (unpaired) electrons. The van der Waals surface area contributed by atoms with Crippen LogP contribution in [0.25, 0.3) is 0 Å². The molecule has 0 aromatic heterocycles. The first-order chi connectivity index (χ1) is 7.88. The molecule has 1 unspecified atom stereocenters. The van der Waals surface area contributed by atoms with E-state index in [2.05, 4.69) is 16.0 Å². The molecule has 18 heavy (non-hydrogen) atoms. The zero-order chi connectivity index (χ0) is 12.9. The zero-order valence-electron chi connectivity index (χ0n) is 11.3. The van der Waals surface area contributed by atoms with Crippen molar-refractivity contribution < 1.29 is 9.59 Å². The van der Waals surface area contributed by atoms with Crippen LogP contribution in [0.5, 0.6) is 0 Å². The van der Waals surface area contributed by atoms with E-state index >= 15 is 0 Å². The molecule has 6 heteroatoms. The molecule has 1 heterocycles. The number of amides is 2. The van der Waals surface area contributed by atoms with Gasteiger partial charge in [0.25, 0.3) is 0 Å². The van der Waals surface area contributed by atoms with Crippen LogP contribution in [0.3, 0.4) is 0 Å². The SMILES string of the molecule is CC(C)(C)NC(=O)CCNC(=O)C1CCNC1.Cl. The fraction of sp³-hybridized carbons (Fsp3) is 0.833. The van der Waals surface area contributed by atoms with Crippen molar-refractivity contribution in [1.29, 1.82) is 0 Å². The lowest BCUT2D eigenvalue weighted by Crippen LogP contribution is -2.42. The van der Waals surface area contributed by atoms with Gasteiger partial charge in [0, 0.05) is 25.0 Å². The molecule has 3 N–H and O–H groups in total. The largest absolute Gasteiger partial charge is 0.355 e. The molecule has 0 saturated carbocycles. The van der Waals surface area contributed by atoms with Crippen LogP contribution in [0.1, 0.15) is 33.6 Å². The summed E-state index contributed by atoms with van der Waals surface area (Å²) < 4.78 is 0. The average molecular weight is 278 g/mol. The van der Waals surface area contributed by atoms with Gasteiger partial charge in [0.05, 0.1) is 5.92 Å². The summed E-state index contributed by atoms with van der Waals surface area (Å²) in [5.41, 5.74) is -0.212. The molecule has 0 spiro atoms. The summed E-state index contributed by atoms with van der Waals surface area (Å²) in [6, 6.07) is 0. The third kappa shape index (κ3) is 6.81. The van der Waals surface area contributed by atoms with Crippen molar-refractivity contribution in [2.24, 2.45) is 5.92 Å². The quantitative estimate of drug-likeness (QED) is 0.698. The van der Waals surface area contributed by atoms with E-state index in [4.69, 9.17) is 0 Å². The standard InChI is InChI=1S/C12H23N3O2.ClH/c1-12(2,3)15-10(16)5-7-14-11(17)9-4-6-13-8-9;/h9,13H,4-8H2,1-3H3,(H,14,17)(H,15,16);1H. The molecule has 0 bridgehead atoms. The topological polar surface area (TPSA) is 70.2 Å². The van der Waals surface area contributed by atoms with Gasteiger partial charge in [0.2, 0.25) is 11.8 Å². The van der Waals surface area contributed by atoms with Crippen LogP contribution < -0.4 is 16.0 Å². The Balaban J connectivity index is 0.00000289. The van der Waals surface area contributed by atoms with E-state index < -0.39 is 0 Å². The fourth-order valence-electron chi connectivity index (χ4n) is 1.80. The van der Waals surface area contributed by atoms with Crippen LogP contribution in [-0.2, 0) is 9.59 Å². The summed E-state index contributed by atoms with van der Waals surface area (Å²) in [5.74, 6) is 0.0987. The third-order valence-corrected chi connectivity index (χ3v) is 2.60. The smallest absolute Gasteiger partial charge is 0.224 e. The van der Waals surface area contributed by atoms with Crippen LogP contribution in [0, 0.1) is 5.92 Å². The van der Waals surface area contributed by atoms with E-state index in [0.29, 0.717) is 13.0 Å². The molecule has 1 rings (SSSR count). The van der Waals surface area contributed by atoms with Gasteiger partial charge in [-0.15, -0.1) is 12.4 Å². The minimum atomic E-state index is -0.212. The summed E-state index contributed by atoms with van der Waals surface area (Å²) in [5, 5.41) is 8.80. The first kappa shape index (κ1) is 17.2. The maximum atomic E-state index is 11.6. The van der Waals surface area contributed by atoms with Gasteiger partial charge >= 0.3 is 0 Å². The zero-order valence-corrected chi connectivity index (χ0v) is 12.2. The van der Waals surface area contributed by atoms with Gasteiger partial charge in [-0.05, 0) is 33.7 Å². The Morgan fingerprint density at radius 1 is 1.33 bits per heavy atom. The van der Waals surface area contributed by atoms with E-state index in [1.807, 2.05) is 20.8 Å². The average Bonchev–Trinajstić information content (AvgIpc) is 2.66. The van der Waals surface area contributed by atoms with Gasteiger partial charge < -0.3 is 16.0 Å². The first-order valence-electron chi connectivity index (χ1n) is 6.18. The Bertz CT molecular complexity index is 284.